The number of benzene rings is 2. The summed E-state index contributed by atoms with van der Waals surface area (Å²) in [5.74, 6) is -2.25. The molecule has 1 aromatic heterocycles. The fraction of sp³-hybridized carbons (Fsp3) is 0.500. The van der Waals surface area contributed by atoms with Crippen LogP contribution in [0.15, 0.2) is 24.3 Å². The highest BCUT2D eigenvalue weighted by molar-refractivity contribution is 7.22. The maximum Gasteiger partial charge on any atom is 0.586 e. The first-order valence-corrected chi connectivity index (χ1v) is 15.8. The van der Waals surface area contributed by atoms with Crippen LogP contribution in [0.3, 0.4) is 0 Å². The molecule has 8 rings (SSSR count). The third-order valence-corrected chi connectivity index (χ3v) is 10.4. The van der Waals surface area contributed by atoms with Crippen LogP contribution in [0, 0.1) is 0 Å². The number of anilines is 2. The number of amides is 2. The highest BCUT2D eigenvalue weighted by atomic mass is 32.1. The molecule has 11 nitrogen and oxygen atoms in total. The van der Waals surface area contributed by atoms with E-state index in [9.17, 15) is 31.5 Å². The number of carbonyl (C=O) groups excluding carboxylic acids is 2. The molecule has 2 amide bonds. The lowest BCUT2D eigenvalue weighted by Gasteiger charge is -2.53. The summed E-state index contributed by atoms with van der Waals surface area (Å²) in [5, 5.41) is 6.05. The Labute approximate surface area is 268 Å². The number of piperidine rings is 1. The number of nitrogens with one attached hydrogen (secondary N) is 2. The quantitative estimate of drug-likeness (QED) is 0.300. The summed E-state index contributed by atoms with van der Waals surface area (Å²) in [6, 6.07) is 5.29. The van der Waals surface area contributed by atoms with E-state index in [4.69, 9.17) is 20.2 Å². The number of nitrogens with two attached hydrogens (primary N) is 1. The maximum absolute atomic E-state index is 14.0. The summed E-state index contributed by atoms with van der Waals surface area (Å²) in [6.45, 7) is 0.954. The van der Waals surface area contributed by atoms with Crippen LogP contribution in [0.5, 0.6) is 17.2 Å². The molecule has 1 aliphatic carbocycles. The third-order valence-electron chi connectivity index (χ3n) is 9.25. The number of alkyl halides is 5. The van der Waals surface area contributed by atoms with Gasteiger partial charge in [-0.15, -0.1) is 8.78 Å². The second kappa shape index (κ2) is 11.1. The molecule has 0 radical (unpaired) electrons. The van der Waals surface area contributed by atoms with Crippen LogP contribution in [-0.2, 0) is 4.74 Å². The number of carbonyl (C=O) groups is 2. The highest BCUT2D eigenvalue weighted by Crippen LogP contribution is 2.52. The number of thiazole rings is 1. The Hall–Kier alpha value is -3.96. The van der Waals surface area contributed by atoms with Gasteiger partial charge in [0.25, 0.3) is 11.8 Å². The summed E-state index contributed by atoms with van der Waals surface area (Å²) in [6.07, 6.45) is -7.54. The lowest BCUT2D eigenvalue weighted by Crippen LogP contribution is -2.66. The van der Waals surface area contributed by atoms with Crippen LogP contribution in [-0.4, -0.2) is 73.3 Å². The Bertz CT molecular complexity index is 1740. The van der Waals surface area contributed by atoms with Crippen LogP contribution in [0.1, 0.15) is 59.2 Å². The summed E-state index contributed by atoms with van der Waals surface area (Å²) in [4.78, 5) is 34.5. The van der Waals surface area contributed by atoms with E-state index in [-0.39, 0.29) is 54.3 Å². The minimum Gasteiger partial charge on any atom is -0.496 e. The third kappa shape index (κ3) is 5.57. The van der Waals surface area contributed by atoms with Crippen molar-refractivity contribution in [2.75, 3.05) is 37.0 Å². The van der Waals surface area contributed by atoms with Gasteiger partial charge < -0.3 is 40.2 Å². The Morgan fingerprint density at radius 1 is 1.11 bits per heavy atom. The molecule has 1 saturated carbocycles. The van der Waals surface area contributed by atoms with Crippen molar-refractivity contribution in [1.29, 1.82) is 0 Å². The van der Waals surface area contributed by atoms with E-state index >= 15 is 0 Å². The first kappa shape index (κ1) is 31.6. The molecule has 0 spiro atoms. The van der Waals surface area contributed by atoms with Gasteiger partial charge in [0.15, 0.2) is 22.2 Å². The number of nitrogens with zero attached hydrogens (tertiary/aromatic N) is 2. The normalized spacial score (nSPS) is 26.4. The van der Waals surface area contributed by atoms with Crippen molar-refractivity contribution in [3.8, 4) is 17.2 Å². The predicted molar refractivity (Wildman–Crippen MR) is 160 cm³/mol. The molecular formula is C30H30F5N5O6S. The molecule has 2 bridgehead atoms. The van der Waals surface area contributed by atoms with E-state index in [2.05, 4.69) is 20.1 Å². The number of hydrogen-bond acceptors (Lipinski definition) is 10. The van der Waals surface area contributed by atoms with E-state index in [0.717, 1.165) is 31.5 Å². The van der Waals surface area contributed by atoms with E-state index in [1.54, 1.807) is 12.1 Å². The molecule has 3 aromatic rings. The summed E-state index contributed by atoms with van der Waals surface area (Å²) >= 11 is 1.26. The fourth-order valence-electron chi connectivity index (χ4n) is 6.67. The first-order chi connectivity index (χ1) is 22.2. The van der Waals surface area contributed by atoms with Gasteiger partial charge in [0, 0.05) is 25.2 Å². The summed E-state index contributed by atoms with van der Waals surface area (Å²) in [7, 11) is 1.38. The van der Waals surface area contributed by atoms with Crippen LogP contribution >= 0.6 is 11.3 Å². The average Bonchev–Trinajstić information content (AvgIpc) is 3.59. The van der Waals surface area contributed by atoms with Gasteiger partial charge in [0.05, 0.1) is 40.7 Å². The minimum atomic E-state index is -4.56. The minimum absolute atomic E-state index is 0.0165. The molecule has 4 N–H and O–H groups in total. The molecule has 47 heavy (non-hydrogen) atoms. The number of halogens is 5. The van der Waals surface area contributed by atoms with Gasteiger partial charge in [-0.05, 0) is 56.7 Å². The molecule has 5 aliphatic rings. The van der Waals surface area contributed by atoms with Gasteiger partial charge in [0.1, 0.15) is 11.3 Å². The van der Waals surface area contributed by atoms with Crippen molar-refractivity contribution in [3.05, 3.63) is 35.4 Å². The lowest BCUT2D eigenvalue weighted by atomic mass is 9.70. The van der Waals surface area contributed by atoms with Gasteiger partial charge in [-0.1, -0.05) is 11.3 Å². The van der Waals surface area contributed by atoms with Gasteiger partial charge >= 0.3 is 12.5 Å². The predicted octanol–water partition coefficient (Wildman–Crippen LogP) is 5.18. The van der Waals surface area contributed by atoms with Crippen LogP contribution in [0.4, 0.5) is 32.8 Å². The molecule has 3 saturated heterocycles. The Morgan fingerprint density at radius 3 is 2.47 bits per heavy atom. The molecule has 5 heterocycles. The van der Waals surface area contributed by atoms with Gasteiger partial charge in [-0.2, -0.15) is 13.2 Å². The van der Waals surface area contributed by atoms with Gasteiger partial charge in [-0.25, -0.2) is 4.98 Å². The molecule has 0 unspecified atom stereocenters. The number of ether oxygens (including phenoxy) is 4. The van der Waals surface area contributed by atoms with E-state index in [0.29, 0.717) is 21.9 Å². The SMILES string of the molecule is COc1ccc2nc(N3CCC[C@H](N)C3)sc2c1C(=O)Nc1cc2c(cc1C(=O)NC13CCC(C(F)(F)F)(CC1)OC3)OC(F)(F)O2. The molecule has 252 valence electrons. The first-order valence-electron chi connectivity index (χ1n) is 15.0. The number of methoxy groups -OCH3 is 1. The average molecular weight is 684 g/mol. The summed E-state index contributed by atoms with van der Waals surface area (Å²) in [5.41, 5.74) is 2.91. The van der Waals surface area contributed by atoms with Gasteiger partial charge in [0.2, 0.25) is 0 Å². The Balaban J connectivity index is 1.21. The topological polar surface area (TPSA) is 137 Å². The van der Waals surface area contributed by atoms with Crippen molar-refractivity contribution in [2.45, 2.75) is 68.2 Å². The monoisotopic (exact) mass is 683 g/mol. The number of aromatic nitrogens is 1. The van der Waals surface area contributed by atoms with E-state index in [1.807, 2.05) is 4.90 Å². The number of fused-ring (bicyclic) bond motifs is 5. The van der Waals surface area contributed by atoms with E-state index in [1.165, 1.54) is 18.4 Å². The zero-order valence-corrected chi connectivity index (χ0v) is 25.8. The Kier molecular flexibility index (Phi) is 7.44. The maximum atomic E-state index is 14.0. The molecule has 4 aliphatic heterocycles. The van der Waals surface area contributed by atoms with E-state index < -0.39 is 53.5 Å². The van der Waals surface area contributed by atoms with Gasteiger partial charge in [-0.3, -0.25) is 9.59 Å². The molecular weight excluding hydrogens is 653 g/mol. The lowest BCUT2D eigenvalue weighted by molar-refractivity contribution is -0.317. The number of hydrogen-bond donors (Lipinski definition) is 3. The molecule has 4 fully saturated rings. The van der Waals surface area contributed by atoms with Crippen LogP contribution in [0.25, 0.3) is 10.2 Å². The van der Waals surface area contributed by atoms with Crippen molar-refractivity contribution in [2.24, 2.45) is 5.73 Å². The highest BCUT2D eigenvalue weighted by Gasteiger charge is 2.63. The zero-order valence-electron chi connectivity index (χ0n) is 25.0. The standard InChI is InChI=1S/C30H30F5N5O6S/c1-43-19-5-4-17-23(47-26(38-17)40-10-2-3-15(36)13-40)22(19)25(42)37-18-12-21-20(45-30(34,35)46-21)11-16(18)24(41)39-27-6-8-28(9-7-27,44-14-27)29(31,32)33/h4-5,11-12,15H,2-3,6-10,13-14,36H2,1H3,(H,37,42)(H,39,41)/t15-,27?,28?/m0/s1. The number of rotatable bonds is 6. The van der Waals surface area contributed by atoms with Crippen LogP contribution in [0.2, 0.25) is 0 Å². The second-order valence-electron chi connectivity index (χ2n) is 12.3. The van der Waals surface area contributed by atoms with Crippen molar-refractivity contribution < 1.29 is 50.5 Å². The molecule has 2 aromatic carbocycles. The fourth-order valence-corrected chi connectivity index (χ4v) is 7.81. The summed E-state index contributed by atoms with van der Waals surface area (Å²) < 4.78 is 89.5. The second-order valence-corrected chi connectivity index (χ2v) is 13.3. The molecule has 1 atom stereocenters. The largest absolute Gasteiger partial charge is 0.586 e. The van der Waals surface area contributed by atoms with Crippen molar-refractivity contribution in [3.63, 3.8) is 0 Å². The zero-order chi connectivity index (χ0) is 33.4. The molecule has 17 heteroatoms. The smallest absolute Gasteiger partial charge is 0.496 e. The van der Waals surface area contributed by atoms with Crippen LogP contribution < -0.4 is 35.5 Å². The van der Waals surface area contributed by atoms with Crippen molar-refractivity contribution in [1.82, 2.24) is 10.3 Å². The van der Waals surface area contributed by atoms with Crippen molar-refractivity contribution >= 4 is 44.2 Å². The Morgan fingerprint density at radius 2 is 1.83 bits per heavy atom.